The molecular weight excluding hydrogens is 396 g/mol. The number of amides is 1. The lowest BCUT2D eigenvalue weighted by Gasteiger charge is -2.21. The van der Waals surface area contributed by atoms with E-state index in [1.807, 2.05) is 6.07 Å². The van der Waals surface area contributed by atoms with Crippen LogP contribution in [0.1, 0.15) is 37.3 Å². The molecule has 1 aromatic heterocycles. The van der Waals surface area contributed by atoms with Gasteiger partial charge in [-0.1, -0.05) is 49.2 Å². The van der Waals surface area contributed by atoms with Crippen LogP contribution in [0.3, 0.4) is 0 Å². The third-order valence-electron chi connectivity index (χ3n) is 4.91. The third kappa shape index (κ3) is 3.91. The van der Waals surface area contributed by atoms with Crippen molar-refractivity contribution in [1.29, 1.82) is 0 Å². The van der Waals surface area contributed by atoms with Crippen LogP contribution in [0.2, 0.25) is 0 Å². The fourth-order valence-corrected chi connectivity index (χ4v) is 5.44. The van der Waals surface area contributed by atoms with Crippen molar-refractivity contribution in [2.24, 2.45) is 0 Å². The fraction of sp³-hybridized carbons (Fsp3) is 0.316. The molecule has 1 atom stereocenters. The molecule has 0 saturated heterocycles. The van der Waals surface area contributed by atoms with Gasteiger partial charge in [-0.3, -0.25) is 4.79 Å². The summed E-state index contributed by atoms with van der Waals surface area (Å²) in [6.07, 6.45) is 3.99. The first-order valence-corrected chi connectivity index (χ1v) is 11.3. The fourth-order valence-electron chi connectivity index (χ4n) is 3.49. The molecule has 0 aliphatic heterocycles. The van der Waals surface area contributed by atoms with Crippen molar-refractivity contribution in [3.63, 3.8) is 0 Å². The molecule has 28 heavy (non-hydrogen) atoms. The van der Waals surface area contributed by atoms with Gasteiger partial charge in [0.05, 0.1) is 11.7 Å². The predicted octanol–water partition coefficient (Wildman–Crippen LogP) is 2.77. The summed E-state index contributed by atoms with van der Waals surface area (Å²) in [5.74, 6) is -0.342. The molecule has 1 heterocycles. The number of fused-ring (bicyclic) bond motifs is 1. The second-order valence-corrected chi connectivity index (χ2v) is 9.05. The van der Waals surface area contributed by atoms with Gasteiger partial charge >= 0.3 is 0 Å². The Hall–Kier alpha value is -2.36. The van der Waals surface area contributed by atoms with E-state index in [0.29, 0.717) is 16.6 Å². The van der Waals surface area contributed by atoms with Crippen LogP contribution in [-0.4, -0.2) is 29.1 Å². The minimum atomic E-state index is -3.99. The normalized spacial score (nSPS) is 16.3. The third-order valence-corrected chi connectivity index (χ3v) is 6.91. The number of hydrogen-bond donors (Lipinski definition) is 2. The van der Waals surface area contributed by atoms with Gasteiger partial charge in [0.15, 0.2) is 0 Å². The standard InChI is InChI=1S/C19H20N4O3S2/c24-19(20-14-9-4-5-10-14)17(13-7-2-1-3-8-13)23-28(25,26)16-12-6-11-15-18(16)22-27-21-15/h1-3,6-8,11-12,14,17,23H,4-5,9-10H2,(H,20,24)/t17-/m1/s1. The molecule has 1 aliphatic carbocycles. The Bertz CT molecular complexity index is 1080. The molecule has 3 aromatic rings. The molecule has 0 spiro atoms. The second-order valence-electron chi connectivity index (χ2n) is 6.84. The number of hydrogen-bond acceptors (Lipinski definition) is 6. The SMILES string of the molecule is O=C(NC1CCCC1)[C@H](NS(=O)(=O)c1cccc2nsnc12)c1ccccc1. The van der Waals surface area contributed by atoms with Gasteiger partial charge in [0.1, 0.15) is 22.0 Å². The Morgan fingerprint density at radius 3 is 2.54 bits per heavy atom. The summed E-state index contributed by atoms with van der Waals surface area (Å²) in [4.78, 5) is 13.0. The van der Waals surface area contributed by atoms with Crippen molar-refractivity contribution >= 4 is 38.7 Å². The summed E-state index contributed by atoms with van der Waals surface area (Å²) in [6, 6.07) is 12.7. The monoisotopic (exact) mass is 416 g/mol. The molecule has 1 amide bonds. The molecule has 0 unspecified atom stereocenters. The Morgan fingerprint density at radius 1 is 1.04 bits per heavy atom. The molecule has 9 heteroatoms. The van der Waals surface area contributed by atoms with Crippen molar-refractivity contribution in [2.45, 2.75) is 42.7 Å². The minimum absolute atomic E-state index is 0.0216. The molecule has 1 saturated carbocycles. The minimum Gasteiger partial charge on any atom is -0.352 e. The van der Waals surface area contributed by atoms with Crippen molar-refractivity contribution < 1.29 is 13.2 Å². The highest BCUT2D eigenvalue weighted by atomic mass is 32.2. The van der Waals surface area contributed by atoms with Gasteiger partial charge in [-0.25, -0.2) is 8.42 Å². The van der Waals surface area contributed by atoms with Crippen molar-refractivity contribution in [3.8, 4) is 0 Å². The van der Waals surface area contributed by atoms with Gasteiger partial charge in [-0.2, -0.15) is 13.5 Å². The topological polar surface area (TPSA) is 101 Å². The van der Waals surface area contributed by atoms with Crippen molar-refractivity contribution in [2.75, 3.05) is 0 Å². The summed E-state index contributed by atoms with van der Waals surface area (Å²) in [7, 11) is -3.99. The molecular formula is C19H20N4O3S2. The largest absolute Gasteiger partial charge is 0.352 e. The van der Waals surface area contributed by atoms with Crippen LogP contribution < -0.4 is 10.0 Å². The lowest BCUT2D eigenvalue weighted by Crippen LogP contribution is -2.43. The first-order valence-electron chi connectivity index (χ1n) is 9.13. The molecule has 0 radical (unpaired) electrons. The lowest BCUT2D eigenvalue weighted by molar-refractivity contribution is -0.123. The van der Waals surface area contributed by atoms with Crippen LogP contribution >= 0.6 is 11.7 Å². The molecule has 2 aromatic carbocycles. The van der Waals surface area contributed by atoms with Gasteiger partial charge in [-0.05, 0) is 30.5 Å². The van der Waals surface area contributed by atoms with Gasteiger partial charge in [-0.15, -0.1) is 0 Å². The van der Waals surface area contributed by atoms with Gasteiger partial charge in [0, 0.05) is 6.04 Å². The van der Waals surface area contributed by atoms with E-state index in [1.165, 1.54) is 6.07 Å². The maximum absolute atomic E-state index is 13.1. The molecule has 1 fully saturated rings. The Kier molecular flexibility index (Phi) is 5.38. The number of rotatable bonds is 6. The van der Waals surface area contributed by atoms with Crippen LogP contribution in [0.4, 0.5) is 0 Å². The maximum Gasteiger partial charge on any atom is 0.243 e. The molecule has 7 nitrogen and oxygen atoms in total. The highest BCUT2D eigenvalue weighted by molar-refractivity contribution is 7.89. The van der Waals surface area contributed by atoms with E-state index >= 15 is 0 Å². The summed E-state index contributed by atoms with van der Waals surface area (Å²) in [5, 5.41) is 2.99. The zero-order chi connectivity index (χ0) is 19.6. The first kappa shape index (κ1) is 19.0. The van der Waals surface area contributed by atoms with Gasteiger partial charge in [0.25, 0.3) is 0 Å². The molecule has 2 N–H and O–H groups in total. The van der Waals surface area contributed by atoms with E-state index in [-0.39, 0.29) is 16.8 Å². The quantitative estimate of drug-likeness (QED) is 0.643. The average molecular weight is 417 g/mol. The second kappa shape index (κ2) is 7.94. The highest BCUT2D eigenvalue weighted by Crippen LogP contribution is 2.25. The number of benzene rings is 2. The van der Waals surface area contributed by atoms with E-state index < -0.39 is 16.1 Å². The van der Waals surface area contributed by atoms with E-state index in [1.54, 1.807) is 36.4 Å². The van der Waals surface area contributed by atoms with E-state index in [0.717, 1.165) is 37.4 Å². The number of nitrogens with one attached hydrogen (secondary N) is 2. The summed E-state index contributed by atoms with van der Waals surface area (Å²) in [6.45, 7) is 0. The number of nitrogens with zero attached hydrogens (tertiary/aromatic N) is 2. The summed E-state index contributed by atoms with van der Waals surface area (Å²) in [5.41, 5.74) is 1.41. The Labute approximate surface area is 167 Å². The number of aromatic nitrogens is 2. The van der Waals surface area contributed by atoms with Crippen LogP contribution in [-0.2, 0) is 14.8 Å². The van der Waals surface area contributed by atoms with E-state index in [9.17, 15) is 13.2 Å². The number of carbonyl (C=O) groups excluding carboxylic acids is 1. The van der Waals surface area contributed by atoms with Crippen LogP contribution in [0.25, 0.3) is 11.0 Å². The van der Waals surface area contributed by atoms with Crippen LogP contribution in [0.15, 0.2) is 53.4 Å². The molecule has 146 valence electrons. The first-order chi connectivity index (χ1) is 13.5. The van der Waals surface area contributed by atoms with Crippen LogP contribution in [0, 0.1) is 0 Å². The molecule has 4 rings (SSSR count). The van der Waals surface area contributed by atoms with E-state index in [2.05, 4.69) is 18.8 Å². The van der Waals surface area contributed by atoms with Crippen molar-refractivity contribution in [1.82, 2.24) is 18.8 Å². The Balaban J connectivity index is 1.66. The van der Waals surface area contributed by atoms with Crippen LogP contribution in [0.5, 0.6) is 0 Å². The average Bonchev–Trinajstić information content (AvgIpc) is 3.38. The maximum atomic E-state index is 13.1. The zero-order valence-corrected chi connectivity index (χ0v) is 16.7. The lowest BCUT2D eigenvalue weighted by atomic mass is 10.1. The van der Waals surface area contributed by atoms with Gasteiger partial charge < -0.3 is 5.32 Å². The van der Waals surface area contributed by atoms with Gasteiger partial charge in [0.2, 0.25) is 15.9 Å². The Morgan fingerprint density at radius 2 is 1.79 bits per heavy atom. The summed E-state index contributed by atoms with van der Waals surface area (Å²) >= 11 is 0.955. The zero-order valence-electron chi connectivity index (χ0n) is 15.0. The number of sulfonamides is 1. The highest BCUT2D eigenvalue weighted by Gasteiger charge is 2.30. The summed E-state index contributed by atoms with van der Waals surface area (Å²) < 4.78 is 37.0. The van der Waals surface area contributed by atoms with Crippen molar-refractivity contribution in [3.05, 3.63) is 54.1 Å². The smallest absolute Gasteiger partial charge is 0.243 e. The molecule has 1 aliphatic rings. The number of carbonyl (C=O) groups is 1. The van der Waals surface area contributed by atoms with E-state index in [4.69, 9.17) is 0 Å². The predicted molar refractivity (Wildman–Crippen MR) is 107 cm³/mol. The molecule has 0 bridgehead atoms.